The Balaban J connectivity index is 0.000000163. The second-order valence-electron chi connectivity index (χ2n) is 12.1. The fourth-order valence-electron chi connectivity index (χ4n) is 3.18. The second-order valence-corrected chi connectivity index (χ2v) is 12.1. The zero-order valence-electron chi connectivity index (χ0n) is 23.8. The minimum absolute atomic E-state index is 0.0118. The molecule has 0 aromatic carbocycles. The zero-order valence-corrected chi connectivity index (χ0v) is 23.8. The summed E-state index contributed by atoms with van der Waals surface area (Å²) in [6, 6.07) is 1.82. The first kappa shape index (κ1) is 29.1. The van der Waals surface area contributed by atoms with Gasteiger partial charge in [0.25, 0.3) is 0 Å². The van der Waals surface area contributed by atoms with Crippen molar-refractivity contribution in [2.45, 2.75) is 78.6 Å². The number of imidazole rings is 2. The monoisotopic (exact) mass is 536 g/mol. The van der Waals surface area contributed by atoms with Crippen LogP contribution in [0.25, 0.3) is 22.3 Å². The van der Waals surface area contributed by atoms with Gasteiger partial charge in [0.1, 0.15) is 22.7 Å². The number of hydrogen-bond acceptors (Lipinski definition) is 8. The number of fused-ring (bicyclic) bond motifs is 2. The molecule has 0 aliphatic heterocycles. The van der Waals surface area contributed by atoms with E-state index in [9.17, 15) is 14.4 Å². The lowest BCUT2D eigenvalue weighted by Crippen LogP contribution is -2.20. The molecular weight excluding hydrogens is 500 g/mol. The molecule has 5 aromatic rings. The smallest absolute Gasteiger partial charge is 0.339 e. The van der Waals surface area contributed by atoms with Crippen LogP contribution in [0, 0.1) is 0 Å². The lowest BCUT2D eigenvalue weighted by molar-refractivity contribution is 0.554. The Kier molecular flexibility index (Phi) is 8.03. The topological polar surface area (TPSA) is 195 Å². The van der Waals surface area contributed by atoms with E-state index in [0.717, 1.165) is 28.4 Å². The highest BCUT2D eigenvalue weighted by Crippen LogP contribution is 2.21. The number of aromatic nitrogens is 10. The van der Waals surface area contributed by atoms with Crippen molar-refractivity contribution in [1.29, 1.82) is 0 Å². The summed E-state index contributed by atoms with van der Waals surface area (Å²) in [4.78, 5) is 66.0. The third-order valence-electron chi connectivity index (χ3n) is 5.44. The van der Waals surface area contributed by atoms with Gasteiger partial charge in [0.05, 0.1) is 12.4 Å². The zero-order chi connectivity index (χ0) is 29.2. The highest BCUT2D eigenvalue weighted by molar-refractivity contribution is 5.69. The van der Waals surface area contributed by atoms with Crippen molar-refractivity contribution in [2.24, 2.45) is 0 Å². The quantitative estimate of drug-likeness (QED) is 0.199. The number of rotatable bonds is 0. The molecule has 39 heavy (non-hydrogen) atoms. The summed E-state index contributed by atoms with van der Waals surface area (Å²) < 4.78 is 0. The van der Waals surface area contributed by atoms with E-state index in [1.165, 1.54) is 18.6 Å². The summed E-state index contributed by atoms with van der Waals surface area (Å²) in [7, 11) is 0. The predicted molar refractivity (Wildman–Crippen MR) is 150 cm³/mol. The molecule has 13 nitrogen and oxygen atoms in total. The van der Waals surface area contributed by atoms with Gasteiger partial charge in [0.15, 0.2) is 11.3 Å². The van der Waals surface area contributed by atoms with Gasteiger partial charge >= 0.3 is 17.1 Å². The Hall–Kier alpha value is -4.42. The molecule has 0 radical (unpaired) electrons. The summed E-state index contributed by atoms with van der Waals surface area (Å²) >= 11 is 0. The Morgan fingerprint density at radius 2 is 0.949 bits per heavy atom. The molecule has 0 spiro atoms. The summed E-state index contributed by atoms with van der Waals surface area (Å²) in [6.07, 6.45) is 4.52. The van der Waals surface area contributed by atoms with Crippen LogP contribution >= 0.6 is 0 Å². The number of nitrogens with zero attached hydrogens (tertiary/aromatic N) is 5. The van der Waals surface area contributed by atoms with Crippen molar-refractivity contribution in [3.8, 4) is 0 Å². The van der Waals surface area contributed by atoms with E-state index in [2.05, 4.69) is 91.4 Å². The lowest BCUT2D eigenvalue weighted by atomic mass is 9.92. The number of nitrogens with one attached hydrogen (secondary N) is 5. The normalized spacial score (nSPS) is 12.0. The van der Waals surface area contributed by atoms with Crippen molar-refractivity contribution in [1.82, 2.24) is 49.8 Å². The maximum atomic E-state index is 10.9. The molecule has 0 saturated carbocycles. The molecule has 0 aliphatic carbocycles. The third-order valence-corrected chi connectivity index (χ3v) is 5.44. The van der Waals surface area contributed by atoms with Gasteiger partial charge in [-0.05, 0) is 6.07 Å². The maximum Gasteiger partial charge on any atom is 0.346 e. The minimum Gasteiger partial charge on any atom is -0.339 e. The van der Waals surface area contributed by atoms with Gasteiger partial charge in [-0.2, -0.15) is 9.97 Å². The minimum atomic E-state index is -0.371. The Bertz CT molecular complexity index is 1640. The first-order chi connectivity index (χ1) is 17.9. The summed E-state index contributed by atoms with van der Waals surface area (Å²) in [6.45, 7) is 18.4. The van der Waals surface area contributed by atoms with E-state index in [4.69, 9.17) is 0 Å². The van der Waals surface area contributed by atoms with Crippen molar-refractivity contribution in [3.05, 3.63) is 73.5 Å². The van der Waals surface area contributed by atoms with Gasteiger partial charge < -0.3 is 15.0 Å². The highest BCUT2D eigenvalue weighted by Gasteiger charge is 2.19. The average molecular weight is 537 g/mol. The molecule has 208 valence electrons. The Morgan fingerprint density at radius 1 is 0.538 bits per heavy atom. The Labute approximate surface area is 224 Å². The fourth-order valence-corrected chi connectivity index (χ4v) is 3.18. The number of H-pyrrole nitrogens is 5. The molecule has 0 unspecified atom stereocenters. The van der Waals surface area contributed by atoms with Gasteiger partial charge in [0, 0.05) is 28.1 Å². The van der Waals surface area contributed by atoms with E-state index < -0.39 is 0 Å². The van der Waals surface area contributed by atoms with E-state index in [1.807, 2.05) is 26.8 Å². The van der Waals surface area contributed by atoms with Crippen LogP contribution in [0.3, 0.4) is 0 Å². The van der Waals surface area contributed by atoms with Crippen LogP contribution in [-0.4, -0.2) is 49.8 Å². The molecule has 13 heteroatoms. The van der Waals surface area contributed by atoms with Crippen LogP contribution in [0.2, 0.25) is 0 Å². The molecule has 0 atom stereocenters. The summed E-state index contributed by atoms with van der Waals surface area (Å²) in [5.74, 6) is 1.69. The van der Waals surface area contributed by atoms with E-state index in [1.54, 1.807) is 0 Å². The van der Waals surface area contributed by atoms with Gasteiger partial charge in [-0.1, -0.05) is 62.3 Å². The van der Waals surface area contributed by atoms with Gasteiger partial charge in [-0.25, -0.2) is 29.3 Å². The molecule has 5 aromatic heterocycles. The number of aromatic amines is 5. The fraction of sp³-hybridized carbons (Fsp3) is 0.462. The van der Waals surface area contributed by atoms with Crippen LogP contribution in [0.4, 0.5) is 0 Å². The molecule has 0 amide bonds. The van der Waals surface area contributed by atoms with Crippen molar-refractivity contribution < 1.29 is 0 Å². The summed E-state index contributed by atoms with van der Waals surface area (Å²) in [5, 5.41) is 0. The van der Waals surface area contributed by atoms with Gasteiger partial charge in [0.2, 0.25) is 0 Å². The molecule has 0 aliphatic rings. The third kappa shape index (κ3) is 7.79. The molecule has 0 fully saturated rings. The molecule has 5 N–H and O–H groups in total. The van der Waals surface area contributed by atoms with Crippen LogP contribution in [0.1, 0.15) is 79.7 Å². The lowest BCUT2D eigenvalue weighted by Gasteiger charge is -2.17. The van der Waals surface area contributed by atoms with E-state index >= 15 is 0 Å². The first-order valence-corrected chi connectivity index (χ1v) is 12.4. The molecule has 5 heterocycles. The molecule has 5 rings (SSSR count). The highest BCUT2D eigenvalue weighted by atomic mass is 16.1. The van der Waals surface area contributed by atoms with Crippen LogP contribution < -0.4 is 17.1 Å². The van der Waals surface area contributed by atoms with Gasteiger partial charge in [-0.15, -0.1) is 0 Å². The molecule has 0 bridgehead atoms. The Morgan fingerprint density at radius 3 is 1.28 bits per heavy atom. The van der Waals surface area contributed by atoms with E-state index in [0.29, 0.717) is 11.3 Å². The SMILES string of the molecule is CC(C)(C)c1ccnc(=O)[nH]1.CC(C)(C)c1nc2[nH]c(=O)ncc2[nH]1.CC(C)(C)c1nc2[nH]c(=O)ncc2[nH]1. The van der Waals surface area contributed by atoms with Crippen molar-refractivity contribution in [2.75, 3.05) is 0 Å². The number of hydrogen-bond donors (Lipinski definition) is 5. The second kappa shape index (κ2) is 10.8. The maximum absolute atomic E-state index is 10.9. The van der Waals surface area contributed by atoms with Crippen LogP contribution in [0.15, 0.2) is 39.0 Å². The average Bonchev–Trinajstić information content (AvgIpc) is 3.43. The molecule has 0 saturated heterocycles. The molecular formula is C26H36N10O3. The van der Waals surface area contributed by atoms with Crippen LogP contribution in [0.5, 0.6) is 0 Å². The van der Waals surface area contributed by atoms with Crippen molar-refractivity contribution in [3.63, 3.8) is 0 Å². The standard InChI is InChI=1S/2C9H12N4O.C8H12N2O/c2*1-9(2,3)7-11-5-4-10-8(14)13-6(5)12-7;1-8(2,3)6-4-5-9-7(11)10-6/h2*4H,1-3H3,(H2,10,11,12,13,14);4-5H,1-3H3,(H,9,10,11). The van der Waals surface area contributed by atoms with E-state index in [-0.39, 0.29) is 33.3 Å². The van der Waals surface area contributed by atoms with Crippen molar-refractivity contribution >= 4 is 22.3 Å². The first-order valence-electron chi connectivity index (χ1n) is 12.4. The van der Waals surface area contributed by atoms with Crippen LogP contribution in [-0.2, 0) is 16.2 Å². The predicted octanol–water partition coefficient (Wildman–Crippen LogP) is 2.95. The van der Waals surface area contributed by atoms with Gasteiger partial charge in [-0.3, -0.25) is 9.97 Å². The largest absolute Gasteiger partial charge is 0.346 e. The summed E-state index contributed by atoms with van der Waals surface area (Å²) in [5.41, 5.74) is 2.41.